The summed E-state index contributed by atoms with van der Waals surface area (Å²) < 4.78 is 7.21. The Morgan fingerprint density at radius 2 is 1.90 bits per heavy atom. The molecule has 148 valence electrons. The van der Waals surface area contributed by atoms with E-state index >= 15 is 0 Å². The predicted molar refractivity (Wildman–Crippen MR) is 116 cm³/mol. The van der Waals surface area contributed by atoms with Crippen molar-refractivity contribution in [3.63, 3.8) is 0 Å². The molecule has 0 aliphatic heterocycles. The molecule has 0 fully saturated rings. The zero-order valence-electron chi connectivity index (χ0n) is 16.5. The molecule has 8 heteroatoms. The van der Waals surface area contributed by atoms with E-state index in [0.29, 0.717) is 24.4 Å². The first-order valence-electron chi connectivity index (χ1n) is 9.35. The predicted octanol–water partition coefficient (Wildman–Crippen LogP) is 4.58. The van der Waals surface area contributed by atoms with E-state index in [9.17, 15) is 0 Å². The second-order valence-electron chi connectivity index (χ2n) is 6.86. The highest BCUT2D eigenvalue weighted by atomic mass is 32.2. The van der Waals surface area contributed by atoms with Crippen LogP contribution in [0.2, 0.25) is 0 Å². The van der Waals surface area contributed by atoms with E-state index in [-0.39, 0.29) is 0 Å². The van der Waals surface area contributed by atoms with Crippen LogP contribution in [0.25, 0.3) is 16.8 Å². The average Bonchev–Trinajstić information content (AvgIpc) is 3.18. The summed E-state index contributed by atoms with van der Waals surface area (Å²) in [6, 6.07) is 12.7. The number of hydrogen-bond donors (Lipinski definition) is 1. The number of nitrogens with zero attached hydrogens (tertiary/aromatic N) is 5. The number of rotatable bonds is 7. The lowest BCUT2D eigenvalue weighted by atomic mass is 10.1. The van der Waals surface area contributed by atoms with Crippen LogP contribution < -0.4 is 9.50 Å². The summed E-state index contributed by atoms with van der Waals surface area (Å²) in [5.74, 6) is 0.902. The van der Waals surface area contributed by atoms with Gasteiger partial charge in [0.15, 0.2) is 5.65 Å². The number of nitrogens with one attached hydrogen (secondary N) is 1. The van der Waals surface area contributed by atoms with E-state index in [1.54, 1.807) is 10.7 Å². The van der Waals surface area contributed by atoms with Gasteiger partial charge in [-0.2, -0.15) is 19.6 Å². The van der Waals surface area contributed by atoms with E-state index in [1.165, 1.54) is 12.0 Å². The van der Waals surface area contributed by atoms with Crippen molar-refractivity contribution < 1.29 is 4.18 Å². The molecule has 1 N–H and O–H groups in total. The fourth-order valence-corrected chi connectivity index (χ4v) is 3.26. The summed E-state index contributed by atoms with van der Waals surface area (Å²) in [5.41, 5.74) is 5.18. The smallest absolute Gasteiger partial charge is 0.334 e. The molecule has 0 unspecified atom stereocenters. The van der Waals surface area contributed by atoms with Crippen LogP contribution in [0.1, 0.15) is 30.9 Å². The summed E-state index contributed by atoms with van der Waals surface area (Å²) in [4.78, 5) is 13.2. The van der Waals surface area contributed by atoms with Crippen molar-refractivity contribution in [3.8, 4) is 17.1 Å². The van der Waals surface area contributed by atoms with Crippen LogP contribution in [0.5, 0.6) is 6.01 Å². The molecule has 0 atom stereocenters. The highest BCUT2D eigenvalue weighted by molar-refractivity contribution is 7.94. The number of fused-ring (bicyclic) bond motifs is 1. The highest BCUT2D eigenvalue weighted by Gasteiger charge is 2.15. The Bertz CT molecular complexity index is 1100. The zero-order chi connectivity index (χ0) is 20.2. The Kier molecular flexibility index (Phi) is 5.62. The molecule has 7 nitrogen and oxygen atoms in total. The van der Waals surface area contributed by atoms with Gasteiger partial charge in [-0.15, -0.1) is 0 Å². The van der Waals surface area contributed by atoms with Gasteiger partial charge in [-0.3, -0.25) is 4.98 Å². The molecule has 0 saturated heterocycles. The van der Waals surface area contributed by atoms with Gasteiger partial charge in [0.1, 0.15) is 0 Å². The lowest BCUT2D eigenvalue weighted by Gasteiger charge is -2.10. The second kappa shape index (κ2) is 8.48. The van der Waals surface area contributed by atoms with Crippen molar-refractivity contribution in [1.29, 1.82) is 0 Å². The van der Waals surface area contributed by atoms with Crippen LogP contribution in [0.3, 0.4) is 0 Å². The minimum absolute atomic E-state index is 0.303. The van der Waals surface area contributed by atoms with E-state index in [4.69, 9.17) is 4.18 Å². The minimum atomic E-state index is 0.303. The lowest BCUT2D eigenvalue weighted by Crippen LogP contribution is -2.09. The van der Waals surface area contributed by atoms with E-state index in [0.717, 1.165) is 27.9 Å². The van der Waals surface area contributed by atoms with E-state index in [2.05, 4.69) is 69.5 Å². The monoisotopic (exact) mass is 406 g/mol. The standard InChI is InChI=1S/C21H22N6OS/c1-14(2)18-13-24-27-19(18)25-21(28-29-3)26-20(27)23-11-15-6-8-16(9-7-15)17-5-4-10-22-12-17/h4-10,12-14H,11H2,1-3H3,(H,23,25,26). The number of hydrogen-bond acceptors (Lipinski definition) is 7. The maximum absolute atomic E-state index is 5.48. The molecule has 0 radical (unpaired) electrons. The van der Waals surface area contributed by atoms with Gasteiger partial charge in [0.05, 0.1) is 18.2 Å². The summed E-state index contributed by atoms with van der Waals surface area (Å²) in [5, 5.41) is 7.83. The Balaban J connectivity index is 1.57. The molecule has 0 amide bonds. The molecule has 0 spiro atoms. The minimum Gasteiger partial charge on any atom is -0.389 e. The zero-order valence-corrected chi connectivity index (χ0v) is 17.3. The topological polar surface area (TPSA) is 77.2 Å². The normalized spacial score (nSPS) is 11.2. The van der Waals surface area contributed by atoms with Crippen LogP contribution in [-0.4, -0.2) is 30.8 Å². The third kappa shape index (κ3) is 4.17. The molecular weight excluding hydrogens is 384 g/mol. The van der Waals surface area contributed by atoms with E-state index < -0.39 is 0 Å². The van der Waals surface area contributed by atoms with Crippen molar-refractivity contribution in [2.75, 3.05) is 11.6 Å². The van der Waals surface area contributed by atoms with Gasteiger partial charge in [0.25, 0.3) is 0 Å². The molecule has 4 aromatic rings. The van der Waals surface area contributed by atoms with Gasteiger partial charge >= 0.3 is 6.01 Å². The molecule has 0 aliphatic rings. The quantitative estimate of drug-likeness (QED) is 0.450. The second-order valence-corrected chi connectivity index (χ2v) is 7.36. The molecular formula is C21H22N6OS. The molecule has 0 bridgehead atoms. The van der Waals surface area contributed by atoms with Crippen LogP contribution in [0.15, 0.2) is 55.0 Å². The molecule has 3 aromatic heterocycles. The van der Waals surface area contributed by atoms with Gasteiger partial charge < -0.3 is 9.50 Å². The van der Waals surface area contributed by atoms with Crippen LogP contribution in [0, 0.1) is 0 Å². The SMILES string of the molecule is CSOc1nc(NCc2ccc(-c3cccnc3)cc2)n2ncc(C(C)C)c2n1. The summed E-state index contributed by atoms with van der Waals surface area (Å²) >= 11 is 1.22. The average molecular weight is 407 g/mol. The van der Waals surface area contributed by atoms with Crippen molar-refractivity contribution in [2.45, 2.75) is 26.3 Å². The summed E-state index contributed by atoms with van der Waals surface area (Å²) in [6.45, 7) is 4.84. The number of anilines is 1. The molecule has 1 aromatic carbocycles. The van der Waals surface area contributed by atoms with Gasteiger partial charge in [-0.25, -0.2) is 0 Å². The van der Waals surface area contributed by atoms with Crippen LogP contribution in [0.4, 0.5) is 5.95 Å². The van der Waals surface area contributed by atoms with Crippen molar-refractivity contribution in [3.05, 3.63) is 66.1 Å². The largest absolute Gasteiger partial charge is 0.389 e. The Morgan fingerprint density at radius 3 is 2.59 bits per heavy atom. The maximum Gasteiger partial charge on any atom is 0.334 e. The lowest BCUT2D eigenvalue weighted by molar-refractivity contribution is 0.583. The number of aromatic nitrogens is 5. The molecule has 0 aliphatic carbocycles. The first-order valence-corrected chi connectivity index (χ1v) is 10.5. The fraction of sp³-hybridized carbons (Fsp3) is 0.238. The third-order valence-corrected chi connectivity index (χ3v) is 4.87. The van der Waals surface area contributed by atoms with Gasteiger partial charge in [-0.1, -0.05) is 44.2 Å². The van der Waals surface area contributed by atoms with Crippen molar-refractivity contribution in [1.82, 2.24) is 24.6 Å². The van der Waals surface area contributed by atoms with Crippen LogP contribution >= 0.6 is 12.0 Å². The Labute approximate surface area is 173 Å². The number of pyridine rings is 1. The van der Waals surface area contributed by atoms with Crippen molar-refractivity contribution >= 4 is 23.6 Å². The fourth-order valence-electron chi connectivity index (χ4n) is 3.04. The number of benzene rings is 1. The van der Waals surface area contributed by atoms with Gasteiger partial charge in [0.2, 0.25) is 5.95 Å². The van der Waals surface area contributed by atoms with Crippen LogP contribution in [-0.2, 0) is 6.54 Å². The maximum atomic E-state index is 5.48. The first kappa shape index (κ1) is 19.2. The van der Waals surface area contributed by atoms with Gasteiger partial charge in [0, 0.05) is 30.8 Å². The molecule has 3 heterocycles. The Morgan fingerprint density at radius 1 is 1.07 bits per heavy atom. The third-order valence-electron chi connectivity index (χ3n) is 4.55. The molecule has 0 saturated carbocycles. The summed E-state index contributed by atoms with van der Waals surface area (Å²) in [6.07, 6.45) is 7.32. The Hall–Kier alpha value is -3.13. The van der Waals surface area contributed by atoms with Crippen molar-refractivity contribution in [2.24, 2.45) is 0 Å². The molecule has 29 heavy (non-hydrogen) atoms. The van der Waals surface area contributed by atoms with E-state index in [1.807, 2.05) is 24.7 Å². The first-order chi connectivity index (χ1) is 14.2. The highest BCUT2D eigenvalue weighted by Crippen LogP contribution is 2.24. The molecule has 4 rings (SSSR count). The van der Waals surface area contributed by atoms with Gasteiger partial charge in [-0.05, 0) is 28.7 Å². The summed E-state index contributed by atoms with van der Waals surface area (Å²) in [7, 11) is 0.